The van der Waals surface area contributed by atoms with Crippen molar-refractivity contribution in [2.45, 2.75) is 51.9 Å². The molecular formula is C26H29N5O3. The maximum atomic E-state index is 12.5. The van der Waals surface area contributed by atoms with Crippen molar-refractivity contribution in [2.75, 3.05) is 10.6 Å². The molecular weight excluding hydrogens is 430 g/mol. The number of nitrogens with one attached hydrogen (secondary N) is 3. The van der Waals surface area contributed by atoms with E-state index in [2.05, 4.69) is 39.4 Å². The Morgan fingerprint density at radius 3 is 2.35 bits per heavy atom. The van der Waals surface area contributed by atoms with Gasteiger partial charge in [0, 0.05) is 17.4 Å². The van der Waals surface area contributed by atoms with Crippen molar-refractivity contribution < 1.29 is 9.59 Å². The molecule has 1 atom stereocenters. The summed E-state index contributed by atoms with van der Waals surface area (Å²) < 4.78 is 0. The molecule has 1 aromatic heterocycles. The molecule has 3 rings (SSSR count). The zero-order valence-corrected chi connectivity index (χ0v) is 19.4. The van der Waals surface area contributed by atoms with E-state index >= 15 is 0 Å². The SMILES string of the molecule is CCCCC(CC)c1cc(=O)nc(NC(=O)Nc2ccc(Cc3ccc(N=C=O)cc3)cc2)[nH]1. The Labute approximate surface area is 198 Å². The summed E-state index contributed by atoms with van der Waals surface area (Å²) in [4.78, 5) is 45.4. The first-order chi connectivity index (χ1) is 16.5. The Hall–Kier alpha value is -4.03. The largest absolute Gasteiger partial charge is 0.329 e. The first kappa shape index (κ1) is 24.6. The Balaban J connectivity index is 1.60. The molecule has 0 spiro atoms. The van der Waals surface area contributed by atoms with Crippen molar-refractivity contribution in [1.29, 1.82) is 0 Å². The molecule has 0 saturated carbocycles. The zero-order valence-electron chi connectivity index (χ0n) is 19.4. The van der Waals surface area contributed by atoms with Crippen LogP contribution >= 0.6 is 0 Å². The van der Waals surface area contributed by atoms with E-state index < -0.39 is 6.03 Å². The first-order valence-electron chi connectivity index (χ1n) is 11.5. The molecule has 0 radical (unpaired) electrons. The van der Waals surface area contributed by atoms with Crippen LogP contribution in [0.5, 0.6) is 0 Å². The summed E-state index contributed by atoms with van der Waals surface area (Å²) in [5.41, 5.74) is 3.73. The summed E-state index contributed by atoms with van der Waals surface area (Å²) >= 11 is 0. The summed E-state index contributed by atoms with van der Waals surface area (Å²) in [7, 11) is 0. The molecule has 0 aliphatic rings. The van der Waals surface area contributed by atoms with Gasteiger partial charge in [0.05, 0.1) is 5.69 Å². The number of benzene rings is 2. The number of hydrogen-bond acceptors (Lipinski definition) is 5. The number of aromatic amines is 1. The van der Waals surface area contributed by atoms with Crippen LogP contribution in [0.3, 0.4) is 0 Å². The average molecular weight is 460 g/mol. The maximum absolute atomic E-state index is 12.5. The minimum atomic E-state index is -0.485. The number of amides is 2. The molecule has 176 valence electrons. The second-order valence-corrected chi connectivity index (χ2v) is 8.09. The molecule has 2 aromatic carbocycles. The van der Waals surface area contributed by atoms with Crippen LogP contribution in [-0.4, -0.2) is 22.1 Å². The average Bonchev–Trinajstić information content (AvgIpc) is 2.82. The van der Waals surface area contributed by atoms with E-state index in [-0.39, 0.29) is 17.4 Å². The monoisotopic (exact) mass is 459 g/mol. The molecule has 8 heteroatoms. The third-order valence-corrected chi connectivity index (χ3v) is 5.57. The highest BCUT2D eigenvalue weighted by molar-refractivity contribution is 5.98. The molecule has 0 aliphatic heterocycles. The van der Waals surface area contributed by atoms with Crippen LogP contribution in [0.4, 0.5) is 22.1 Å². The van der Waals surface area contributed by atoms with Crippen LogP contribution in [0.2, 0.25) is 0 Å². The number of urea groups is 1. The fraction of sp³-hybridized carbons (Fsp3) is 0.308. The number of aliphatic imine (C=N–C) groups is 1. The number of carbonyl (C=O) groups is 1. The first-order valence-corrected chi connectivity index (χ1v) is 11.5. The smallest absolute Gasteiger partial charge is 0.326 e. The molecule has 2 amide bonds. The fourth-order valence-corrected chi connectivity index (χ4v) is 3.74. The molecule has 1 unspecified atom stereocenters. The van der Waals surface area contributed by atoms with Crippen molar-refractivity contribution in [1.82, 2.24) is 9.97 Å². The van der Waals surface area contributed by atoms with Crippen molar-refractivity contribution in [2.24, 2.45) is 4.99 Å². The van der Waals surface area contributed by atoms with Crippen molar-refractivity contribution in [3.8, 4) is 0 Å². The second-order valence-electron chi connectivity index (χ2n) is 8.09. The number of unbranched alkanes of at least 4 members (excludes halogenated alkanes) is 1. The van der Waals surface area contributed by atoms with Crippen LogP contribution in [0.15, 0.2) is 64.4 Å². The molecule has 8 nitrogen and oxygen atoms in total. The maximum Gasteiger partial charge on any atom is 0.326 e. The van der Waals surface area contributed by atoms with E-state index in [1.165, 1.54) is 12.1 Å². The van der Waals surface area contributed by atoms with E-state index in [1.54, 1.807) is 12.1 Å². The summed E-state index contributed by atoms with van der Waals surface area (Å²) in [5, 5.41) is 5.38. The van der Waals surface area contributed by atoms with Crippen LogP contribution in [-0.2, 0) is 11.2 Å². The molecule has 0 fully saturated rings. The summed E-state index contributed by atoms with van der Waals surface area (Å²) in [6, 6.07) is 15.8. The van der Waals surface area contributed by atoms with Gasteiger partial charge >= 0.3 is 6.03 Å². The van der Waals surface area contributed by atoms with Gasteiger partial charge in [0.1, 0.15) is 0 Å². The third-order valence-electron chi connectivity index (χ3n) is 5.57. The highest BCUT2D eigenvalue weighted by Gasteiger charge is 2.13. The number of H-pyrrole nitrogens is 1. The number of isocyanates is 1. The fourth-order valence-electron chi connectivity index (χ4n) is 3.74. The number of anilines is 2. The third kappa shape index (κ3) is 7.25. The molecule has 1 heterocycles. The number of rotatable bonds is 10. The lowest BCUT2D eigenvalue weighted by molar-refractivity contribution is 0.262. The van der Waals surface area contributed by atoms with Crippen molar-refractivity contribution in [3.05, 3.63) is 81.8 Å². The second kappa shape index (κ2) is 12.3. The highest BCUT2D eigenvalue weighted by Crippen LogP contribution is 2.23. The van der Waals surface area contributed by atoms with Gasteiger partial charge < -0.3 is 10.3 Å². The Morgan fingerprint density at radius 2 is 1.74 bits per heavy atom. The van der Waals surface area contributed by atoms with Gasteiger partial charge in [-0.3, -0.25) is 10.1 Å². The number of nitrogens with zero attached hydrogens (tertiary/aromatic N) is 2. The lowest BCUT2D eigenvalue weighted by atomic mass is 9.96. The van der Waals surface area contributed by atoms with Gasteiger partial charge in [-0.15, -0.1) is 0 Å². The van der Waals surface area contributed by atoms with Crippen molar-refractivity contribution in [3.63, 3.8) is 0 Å². The number of aromatic nitrogens is 2. The molecule has 34 heavy (non-hydrogen) atoms. The van der Waals surface area contributed by atoms with Gasteiger partial charge in [0.25, 0.3) is 5.56 Å². The number of hydrogen-bond donors (Lipinski definition) is 3. The normalized spacial score (nSPS) is 11.4. The number of carbonyl (C=O) groups excluding carboxylic acids is 2. The van der Waals surface area contributed by atoms with Crippen LogP contribution < -0.4 is 16.2 Å². The highest BCUT2D eigenvalue weighted by atomic mass is 16.2. The van der Waals surface area contributed by atoms with Crippen LogP contribution in [0.1, 0.15) is 62.3 Å². The van der Waals surface area contributed by atoms with E-state index in [0.717, 1.165) is 42.5 Å². The summed E-state index contributed by atoms with van der Waals surface area (Å²) in [6.07, 6.45) is 6.25. The van der Waals surface area contributed by atoms with Gasteiger partial charge in [-0.25, -0.2) is 9.59 Å². The predicted octanol–water partition coefficient (Wildman–Crippen LogP) is 5.66. The van der Waals surface area contributed by atoms with Gasteiger partial charge in [0.15, 0.2) is 0 Å². The van der Waals surface area contributed by atoms with E-state index in [9.17, 15) is 14.4 Å². The van der Waals surface area contributed by atoms with E-state index in [4.69, 9.17) is 0 Å². The molecule has 3 N–H and O–H groups in total. The lowest BCUT2D eigenvalue weighted by Gasteiger charge is -2.15. The van der Waals surface area contributed by atoms with Crippen molar-refractivity contribution >= 4 is 29.4 Å². The minimum absolute atomic E-state index is 0.133. The molecule has 0 saturated heterocycles. The Morgan fingerprint density at radius 1 is 1.06 bits per heavy atom. The van der Waals surface area contributed by atoms with E-state index in [1.807, 2.05) is 36.4 Å². The lowest BCUT2D eigenvalue weighted by Crippen LogP contribution is -2.24. The van der Waals surface area contributed by atoms with Crippen LogP contribution in [0.25, 0.3) is 0 Å². The zero-order chi connectivity index (χ0) is 24.3. The summed E-state index contributed by atoms with van der Waals surface area (Å²) in [6.45, 7) is 4.22. The minimum Gasteiger partial charge on any atom is -0.329 e. The van der Waals surface area contributed by atoms with Gasteiger partial charge in [-0.05, 0) is 60.6 Å². The standard InChI is InChI=1S/C26H29N5O3/c1-3-5-6-20(4-2)23-16-24(33)30-25(29-23)31-26(34)28-22-13-9-19(10-14-22)15-18-7-11-21(12-8-18)27-17-32/h7-14,16,20H,3-6,15H2,1-2H3,(H3,28,29,30,31,33,34). The predicted molar refractivity (Wildman–Crippen MR) is 134 cm³/mol. The molecule has 3 aromatic rings. The summed E-state index contributed by atoms with van der Waals surface area (Å²) in [5.74, 6) is 0.356. The molecule has 0 bridgehead atoms. The van der Waals surface area contributed by atoms with Gasteiger partial charge in [-0.2, -0.15) is 9.98 Å². The topological polar surface area (TPSA) is 116 Å². The van der Waals surface area contributed by atoms with Gasteiger partial charge in [0.2, 0.25) is 12.0 Å². The molecule has 0 aliphatic carbocycles. The Bertz CT molecular complexity index is 1200. The quantitative estimate of drug-likeness (QED) is 0.268. The van der Waals surface area contributed by atoms with Crippen LogP contribution in [0, 0.1) is 0 Å². The van der Waals surface area contributed by atoms with Gasteiger partial charge in [-0.1, -0.05) is 51.0 Å². The Kier molecular flexibility index (Phi) is 8.88. The van der Waals surface area contributed by atoms with E-state index in [0.29, 0.717) is 17.8 Å².